The van der Waals surface area contributed by atoms with Crippen molar-refractivity contribution in [2.45, 2.75) is 18.0 Å². The highest BCUT2D eigenvalue weighted by atomic mass is 19.4. The predicted molar refractivity (Wildman–Crippen MR) is 59.0 cm³/mol. The van der Waals surface area contributed by atoms with E-state index in [1.54, 1.807) is 0 Å². The van der Waals surface area contributed by atoms with E-state index in [4.69, 9.17) is 0 Å². The Labute approximate surface area is 114 Å². The van der Waals surface area contributed by atoms with E-state index in [0.29, 0.717) is 0 Å². The number of carbonyl (C=O) groups excluding carboxylic acids is 1. The zero-order chi connectivity index (χ0) is 16.5. The number of hydrogen-bond acceptors (Lipinski definition) is 2. The predicted octanol–water partition coefficient (Wildman–Crippen LogP) is 3.54. The largest absolute Gasteiger partial charge is 0.460 e. The Kier molecular flexibility index (Phi) is 4.35. The molecule has 0 aliphatic carbocycles. The van der Waals surface area contributed by atoms with Crippen molar-refractivity contribution in [1.29, 1.82) is 0 Å². The molecule has 116 valence electrons. The van der Waals surface area contributed by atoms with Gasteiger partial charge in [-0.2, -0.15) is 30.7 Å². The molecule has 9 heteroatoms. The SMILES string of the molecule is N/C(=C\C(=O)c1ccccc1)C(F)(F)C(F)(F)C(F)(F)F. The van der Waals surface area contributed by atoms with Crippen LogP contribution in [0.15, 0.2) is 42.1 Å². The van der Waals surface area contributed by atoms with Crippen LogP contribution in [0.5, 0.6) is 0 Å². The number of alkyl halides is 7. The third-order valence-corrected chi connectivity index (χ3v) is 2.46. The lowest BCUT2D eigenvalue weighted by atomic mass is 10.0. The molecule has 2 N–H and O–H groups in total. The third-order valence-electron chi connectivity index (χ3n) is 2.46. The van der Waals surface area contributed by atoms with Crippen LogP contribution in [0.1, 0.15) is 10.4 Å². The molecule has 0 aliphatic heterocycles. The first kappa shape index (κ1) is 17.0. The van der Waals surface area contributed by atoms with Gasteiger partial charge in [0.2, 0.25) is 0 Å². The minimum Gasteiger partial charge on any atom is -0.397 e. The van der Waals surface area contributed by atoms with Crippen LogP contribution in [0.2, 0.25) is 0 Å². The van der Waals surface area contributed by atoms with Gasteiger partial charge in [0, 0.05) is 11.6 Å². The van der Waals surface area contributed by atoms with Crippen molar-refractivity contribution in [2.24, 2.45) is 5.73 Å². The van der Waals surface area contributed by atoms with Crippen molar-refractivity contribution in [1.82, 2.24) is 0 Å². The summed E-state index contributed by atoms with van der Waals surface area (Å²) in [6.07, 6.45) is -6.65. The number of ketones is 1. The highest BCUT2D eigenvalue weighted by molar-refractivity contribution is 6.04. The van der Waals surface area contributed by atoms with E-state index in [-0.39, 0.29) is 11.6 Å². The van der Waals surface area contributed by atoms with Crippen molar-refractivity contribution < 1.29 is 35.5 Å². The van der Waals surface area contributed by atoms with Gasteiger partial charge in [-0.1, -0.05) is 30.3 Å². The van der Waals surface area contributed by atoms with Crippen LogP contribution < -0.4 is 5.73 Å². The molecule has 0 atom stereocenters. The van der Waals surface area contributed by atoms with E-state index in [0.717, 1.165) is 12.1 Å². The molecule has 0 saturated heterocycles. The zero-order valence-electron chi connectivity index (χ0n) is 10.1. The monoisotopic (exact) mass is 315 g/mol. The summed E-state index contributed by atoms with van der Waals surface area (Å²) in [5.74, 6) is -13.3. The van der Waals surface area contributed by atoms with Crippen LogP contribution in [0.3, 0.4) is 0 Å². The fourth-order valence-electron chi connectivity index (χ4n) is 1.28. The molecular weight excluding hydrogens is 307 g/mol. The molecule has 0 heterocycles. The number of allylic oxidation sites excluding steroid dienone is 2. The van der Waals surface area contributed by atoms with E-state index in [2.05, 4.69) is 5.73 Å². The molecule has 21 heavy (non-hydrogen) atoms. The molecule has 0 amide bonds. The van der Waals surface area contributed by atoms with Crippen LogP contribution in [0.25, 0.3) is 0 Å². The van der Waals surface area contributed by atoms with Gasteiger partial charge in [-0.15, -0.1) is 0 Å². The van der Waals surface area contributed by atoms with Crippen molar-refractivity contribution >= 4 is 5.78 Å². The molecular formula is C12H8F7NO. The summed E-state index contributed by atoms with van der Waals surface area (Å²) in [5, 5.41) is 0. The third kappa shape index (κ3) is 3.17. The van der Waals surface area contributed by atoms with Gasteiger partial charge in [0.25, 0.3) is 0 Å². The lowest BCUT2D eigenvalue weighted by Gasteiger charge is -2.28. The Bertz CT molecular complexity index is 548. The second-order valence-corrected chi connectivity index (χ2v) is 3.98. The van der Waals surface area contributed by atoms with Gasteiger partial charge in [0.1, 0.15) is 0 Å². The number of hydrogen-bond donors (Lipinski definition) is 1. The molecule has 1 rings (SSSR count). The summed E-state index contributed by atoms with van der Waals surface area (Å²) in [5.41, 5.74) is 2.23. The lowest BCUT2D eigenvalue weighted by Crippen LogP contribution is -2.54. The summed E-state index contributed by atoms with van der Waals surface area (Å²) in [6, 6.07) is 6.49. The summed E-state index contributed by atoms with van der Waals surface area (Å²) >= 11 is 0. The minimum absolute atomic E-state index is 0.144. The second kappa shape index (κ2) is 5.38. The molecule has 0 fully saturated rings. The Balaban J connectivity index is 3.14. The molecule has 0 spiro atoms. The molecule has 0 radical (unpaired) electrons. The van der Waals surface area contributed by atoms with Gasteiger partial charge in [-0.3, -0.25) is 4.79 Å². The first-order valence-corrected chi connectivity index (χ1v) is 5.30. The highest BCUT2D eigenvalue weighted by Crippen LogP contribution is 2.48. The van der Waals surface area contributed by atoms with E-state index in [1.807, 2.05) is 0 Å². The zero-order valence-corrected chi connectivity index (χ0v) is 10.1. The molecule has 0 aliphatic rings. The topological polar surface area (TPSA) is 43.1 Å². The lowest BCUT2D eigenvalue weighted by molar-refractivity contribution is -0.344. The van der Waals surface area contributed by atoms with Crippen LogP contribution in [0.4, 0.5) is 30.7 Å². The smallest absolute Gasteiger partial charge is 0.397 e. The molecule has 0 saturated carbocycles. The van der Waals surface area contributed by atoms with Gasteiger partial charge in [-0.05, 0) is 0 Å². The Morgan fingerprint density at radius 1 is 0.952 bits per heavy atom. The normalized spacial score (nSPS) is 14.1. The van der Waals surface area contributed by atoms with Crippen LogP contribution in [-0.4, -0.2) is 23.8 Å². The average molecular weight is 315 g/mol. The maximum atomic E-state index is 13.2. The fraction of sp³-hybridized carbons (Fsp3) is 0.250. The van der Waals surface area contributed by atoms with Gasteiger partial charge in [0.15, 0.2) is 5.78 Å². The number of carbonyl (C=O) groups is 1. The van der Waals surface area contributed by atoms with Crippen molar-refractivity contribution in [2.75, 3.05) is 0 Å². The van der Waals surface area contributed by atoms with Gasteiger partial charge < -0.3 is 5.73 Å². The van der Waals surface area contributed by atoms with Crippen molar-refractivity contribution in [3.8, 4) is 0 Å². The molecule has 0 unspecified atom stereocenters. The quantitative estimate of drug-likeness (QED) is 0.524. The second-order valence-electron chi connectivity index (χ2n) is 3.98. The number of halogens is 7. The molecule has 1 aromatic rings. The number of rotatable bonds is 4. The van der Waals surface area contributed by atoms with Gasteiger partial charge in [0.05, 0.1) is 5.70 Å². The van der Waals surface area contributed by atoms with E-state index < -0.39 is 29.5 Å². The number of nitrogens with two attached hydrogens (primary N) is 1. The Hall–Kier alpha value is -2.06. The van der Waals surface area contributed by atoms with E-state index in [1.165, 1.54) is 18.2 Å². The highest BCUT2D eigenvalue weighted by Gasteiger charge is 2.74. The fourth-order valence-corrected chi connectivity index (χ4v) is 1.28. The maximum Gasteiger partial charge on any atom is 0.460 e. The first-order valence-electron chi connectivity index (χ1n) is 5.30. The molecule has 0 aromatic heterocycles. The van der Waals surface area contributed by atoms with E-state index in [9.17, 15) is 35.5 Å². The van der Waals surface area contributed by atoms with Crippen LogP contribution in [0, 0.1) is 0 Å². The number of benzene rings is 1. The van der Waals surface area contributed by atoms with Crippen molar-refractivity contribution in [3.05, 3.63) is 47.7 Å². The molecule has 0 bridgehead atoms. The molecule has 2 nitrogen and oxygen atoms in total. The van der Waals surface area contributed by atoms with E-state index >= 15 is 0 Å². The summed E-state index contributed by atoms with van der Waals surface area (Å²) in [4.78, 5) is 11.5. The molecule has 1 aromatic carbocycles. The first-order chi connectivity index (χ1) is 9.41. The Morgan fingerprint density at radius 2 is 1.43 bits per heavy atom. The van der Waals surface area contributed by atoms with Crippen LogP contribution >= 0.6 is 0 Å². The standard InChI is InChI=1S/C12H8F7NO/c13-10(14,11(15,16)12(17,18)19)9(20)6-8(21)7-4-2-1-3-5-7/h1-6H,20H2/b9-6-. The summed E-state index contributed by atoms with van der Waals surface area (Å²) < 4.78 is 87.6. The maximum absolute atomic E-state index is 13.2. The average Bonchev–Trinajstić information content (AvgIpc) is 2.38. The van der Waals surface area contributed by atoms with Gasteiger partial charge in [-0.25, -0.2) is 0 Å². The summed E-state index contributed by atoms with van der Waals surface area (Å²) in [6.45, 7) is 0. The van der Waals surface area contributed by atoms with Crippen LogP contribution in [-0.2, 0) is 0 Å². The Morgan fingerprint density at radius 3 is 1.86 bits per heavy atom. The summed E-state index contributed by atoms with van der Waals surface area (Å²) in [7, 11) is 0. The van der Waals surface area contributed by atoms with Gasteiger partial charge >= 0.3 is 18.0 Å². The van der Waals surface area contributed by atoms with Crippen molar-refractivity contribution in [3.63, 3.8) is 0 Å². The minimum atomic E-state index is -6.51.